The molecule has 0 aromatic carbocycles. The number of ether oxygens (including phenoxy) is 3. The summed E-state index contributed by atoms with van der Waals surface area (Å²) in [4.78, 5) is 7.66. The zero-order valence-electron chi connectivity index (χ0n) is 23.7. The third kappa shape index (κ3) is 7.93. The van der Waals surface area contributed by atoms with E-state index in [-0.39, 0.29) is 47.9 Å². The second kappa shape index (κ2) is 14.6. The first-order valence-corrected chi connectivity index (χ1v) is 15.0. The van der Waals surface area contributed by atoms with Gasteiger partial charge in [0.15, 0.2) is 5.75 Å². The Kier molecular flexibility index (Phi) is 11.2. The van der Waals surface area contributed by atoms with Crippen molar-refractivity contribution in [2.75, 3.05) is 19.8 Å². The lowest BCUT2D eigenvalue weighted by molar-refractivity contribution is -0.0825. The summed E-state index contributed by atoms with van der Waals surface area (Å²) in [7, 11) is 0. The molecule has 1 aliphatic heterocycles. The molecule has 3 heterocycles. The van der Waals surface area contributed by atoms with E-state index in [0.717, 1.165) is 58.0 Å². The summed E-state index contributed by atoms with van der Waals surface area (Å²) in [6.07, 6.45) is 9.71. The van der Waals surface area contributed by atoms with Gasteiger partial charge < -0.3 is 14.2 Å². The molecule has 0 N–H and O–H groups in total. The van der Waals surface area contributed by atoms with Crippen molar-refractivity contribution < 1.29 is 31.8 Å². The predicted octanol–water partition coefficient (Wildman–Crippen LogP) is 8.18. The van der Waals surface area contributed by atoms with Crippen molar-refractivity contribution in [3.63, 3.8) is 0 Å². The van der Waals surface area contributed by atoms with E-state index >= 15 is 13.2 Å². The minimum atomic E-state index is -3.31. The fraction of sp³-hybridized carbons (Fsp3) is 0.677. The van der Waals surface area contributed by atoms with Gasteiger partial charge in [0.25, 0.3) is 11.9 Å². The number of halogens is 4. The van der Waals surface area contributed by atoms with Gasteiger partial charge in [0, 0.05) is 19.1 Å². The quantitative estimate of drug-likeness (QED) is 0.0837. The smallest absolute Gasteiger partial charge is 0.280 e. The van der Waals surface area contributed by atoms with Gasteiger partial charge in [0.2, 0.25) is 5.95 Å². The number of unbranched alkanes of at least 4 members (excludes halogenated alkanes) is 5. The topological polar surface area (TPSA) is 56.8 Å². The van der Waals surface area contributed by atoms with Crippen LogP contribution < -0.4 is 4.74 Å². The first kappa shape index (κ1) is 30.7. The molecule has 0 spiro atoms. The number of aromatic nitrogens is 2. The molecule has 3 unspecified atom stereocenters. The maximum atomic E-state index is 15.4. The number of rotatable bonds is 17. The highest BCUT2D eigenvalue weighted by atomic mass is 19.3. The molecule has 0 saturated carbocycles. The third-order valence-electron chi connectivity index (χ3n) is 7.91. The van der Waals surface area contributed by atoms with Crippen LogP contribution in [0.3, 0.4) is 0 Å². The number of hydrogen-bond acceptors (Lipinski definition) is 5. The number of aryl methyl sites for hydroxylation is 1. The molecule has 5 nitrogen and oxygen atoms in total. The van der Waals surface area contributed by atoms with Gasteiger partial charge in [-0.1, -0.05) is 52.4 Å². The Morgan fingerprint density at radius 1 is 0.875 bits per heavy atom. The molecule has 9 heteroatoms. The number of pyridine rings is 2. The second-order valence-corrected chi connectivity index (χ2v) is 11.0. The van der Waals surface area contributed by atoms with E-state index in [2.05, 4.69) is 23.8 Å². The van der Waals surface area contributed by atoms with Crippen molar-refractivity contribution in [2.24, 2.45) is 5.92 Å². The zero-order valence-corrected chi connectivity index (χ0v) is 23.7. The van der Waals surface area contributed by atoms with Gasteiger partial charge in [-0.05, 0) is 62.3 Å². The average molecular weight is 567 g/mol. The van der Waals surface area contributed by atoms with Crippen molar-refractivity contribution in [1.29, 1.82) is 0 Å². The highest BCUT2D eigenvalue weighted by Crippen LogP contribution is 2.47. The van der Waals surface area contributed by atoms with Crippen molar-refractivity contribution in [3.05, 3.63) is 41.2 Å². The van der Waals surface area contributed by atoms with Gasteiger partial charge in [0.1, 0.15) is 12.7 Å². The van der Waals surface area contributed by atoms with Crippen LogP contribution in [0.15, 0.2) is 18.2 Å². The maximum Gasteiger partial charge on any atom is 0.280 e. The molecule has 0 amide bonds. The molecule has 2 aromatic heterocycles. The maximum absolute atomic E-state index is 15.4. The summed E-state index contributed by atoms with van der Waals surface area (Å²) in [6.45, 7) is 5.86. The lowest BCUT2D eigenvalue weighted by atomic mass is 9.78. The van der Waals surface area contributed by atoms with Crippen LogP contribution in [0.2, 0.25) is 0 Å². The molecule has 1 aliphatic carbocycles. The van der Waals surface area contributed by atoms with Gasteiger partial charge in [-0.15, -0.1) is 0 Å². The van der Waals surface area contributed by atoms with Crippen LogP contribution in [0, 0.1) is 17.8 Å². The Morgan fingerprint density at radius 2 is 1.62 bits per heavy atom. The zero-order chi connectivity index (χ0) is 28.5. The van der Waals surface area contributed by atoms with E-state index in [9.17, 15) is 4.39 Å². The molecular weight excluding hydrogens is 524 g/mol. The highest BCUT2D eigenvalue weighted by Gasteiger charge is 2.48. The number of hydrogen-bond donors (Lipinski definition) is 0. The van der Waals surface area contributed by atoms with Crippen LogP contribution in [-0.4, -0.2) is 42.0 Å². The minimum absolute atomic E-state index is 0.0278. The molecule has 2 aliphatic rings. The van der Waals surface area contributed by atoms with Crippen LogP contribution in [0.5, 0.6) is 5.75 Å². The molecule has 4 rings (SSSR count). The lowest BCUT2D eigenvalue weighted by Crippen LogP contribution is -2.33. The van der Waals surface area contributed by atoms with Gasteiger partial charge in [-0.25, -0.2) is 18.7 Å². The molecule has 2 aromatic rings. The summed E-state index contributed by atoms with van der Waals surface area (Å²) < 4.78 is 77.1. The standard InChI is InChI=1S/C31H42F4N2O3/c1-3-5-9-17-38-18-10-7-8-11-22-14-13-21-19-24(37-30(33)28(21)31(22,34)35)23-15-16-26(29(32)36-23)39-20-27-25(40-27)12-6-4-2/h15-16,19,22,25,27H,3-14,17-18,20H2,1-2H3. The SMILES string of the molecule is CCCCCOCCCCCC1CCc2cc(-c3ccc(OCC4OC4CCCC)c(F)n3)nc(F)c2C1(F)F. The molecule has 1 fully saturated rings. The monoisotopic (exact) mass is 566 g/mol. The fourth-order valence-electron chi connectivity index (χ4n) is 5.44. The summed E-state index contributed by atoms with van der Waals surface area (Å²) in [5.74, 6) is -6.36. The van der Waals surface area contributed by atoms with E-state index in [1.807, 2.05) is 0 Å². The minimum Gasteiger partial charge on any atom is -0.486 e. The summed E-state index contributed by atoms with van der Waals surface area (Å²) in [5.41, 5.74) is -0.331. The summed E-state index contributed by atoms with van der Waals surface area (Å²) in [5, 5.41) is 0. The molecule has 0 radical (unpaired) electrons. The van der Waals surface area contributed by atoms with Crippen molar-refractivity contribution in [1.82, 2.24) is 9.97 Å². The fourth-order valence-corrected chi connectivity index (χ4v) is 5.44. The Morgan fingerprint density at radius 3 is 2.38 bits per heavy atom. The van der Waals surface area contributed by atoms with Crippen LogP contribution >= 0.6 is 0 Å². The van der Waals surface area contributed by atoms with E-state index in [1.54, 1.807) is 0 Å². The molecule has 0 bridgehead atoms. The van der Waals surface area contributed by atoms with E-state index in [0.29, 0.717) is 25.9 Å². The van der Waals surface area contributed by atoms with Crippen molar-refractivity contribution >= 4 is 0 Å². The van der Waals surface area contributed by atoms with Crippen molar-refractivity contribution in [2.45, 2.75) is 109 Å². The molecular formula is C31H42F4N2O3. The van der Waals surface area contributed by atoms with Crippen LogP contribution in [0.4, 0.5) is 17.6 Å². The van der Waals surface area contributed by atoms with Gasteiger partial charge in [-0.2, -0.15) is 8.78 Å². The van der Waals surface area contributed by atoms with E-state index in [4.69, 9.17) is 14.2 Å². The number of alkyl halides is 2. The normalized spacial score (nSPS) is 21.3. The second-order valence-electron chi connectivity index (χ2n) is 11.0. The Labute approximate surface area is 235 Å². The van der Waals surface area contributed by atoms with E-state index in [1.165, 1.54) is 18.2 Å². The molecule has 222 valence electrons. The first-order chi connectivity index (χ1) is 19.3. The Hall–Kier alpha value is -2.26. The Balaban J connectivity index is 1.31. The largest absolute Gasteiger partial charge is 0.486 e. The van der Waals surface area contributed by atoms with Gasteiger partial charge in [-0.3, -0.25) is 0 Å². The molecule has 3 atom stereocenters. The van der Waals surface area contributed by atoms with Crippen LogP contribution in [0.25, 0.3) is 11.4 Å². The van der Waals surface area contributed by atoms with Crippen LogP contribution in [-0.2, 0) is 21.8 Å². The Bertz CT molecular complexity index is 1100. The molecule has 40 heavy (non-hydrogen) atoms. The summed E-state index contributed by atoms with van der Waals surface area (Å²) in [6, 6.07) is 4.28. The average Bonchev–Trinajstić information content (AvgIpc) is 3.69. The number of nitrogens with zero attached hydrogens (tertiary/aromatic N) is 2. The third-order valence-corrected chi connectivity index (χ3v) is 7.91. The van der Waals surface area contributed by atoms with Gasteiger partial charge >= 0.3 is 0 Å². The van der Waals surface area contributed by atoms with E-state index < -0.39 is 29.3 Å². The number of epoxide rings is 1. The number of fused-ring (bicyclic) bond motifs is 1. The summed E-state index contributed by atoms with van der Waals surface area (Å²) >= 11 is 0. The first-order valence-electron chi connectivity index (χ1n) is 15.0. The van der Waals surface area contributed by atoms with Gasteiger partial charge in [0.05, 0.1) is 23.1 Å². The highest BCUT2D eigenvalue weighted by molar-refractivity contribution is 5.57. The lowest BCUT2D eigenvalue weighted by Gasteiger charge is -2.33. The van der Waals surface area contributed by atoms with Crippen LogP contribution in [0.1, 0.15) is 95.6 Å². The van der Waals surface area contributed by atoms with Crippen molar-refractivity contribution in [3.8, 4) is 17.1 Å². The predicted molar refractivity (Wildman–Crippen MR) is 146 cm³/mol. The molecule has 1 saturated heterocycles.